The third kappa shape index (κ3) is 4.50. The van der Waals surface area contributed by atoms with Gasteiger partial charge in [0.1, 0.15) is 30.0 Å². The van der Waals surface area contributed by atoms with Gasteiger partial charge in [0.2, 0.25) is 5.91 Å². The van der Waals surface area contributed by atoms with Gasteiger partial charge in [0.05, 0.1) is 18.4 Å². The van der Waals surface area contributed by atoms with Gasteiger partial charge in [0.25, 0.3) is 0 Å². The monoisotopic (exact) mass is 400 g/mol. The first-order valence-electron chi connectivity index (χ1n) is 8.25. The molecular formula is C16H16F4N6O2. The van der Waals surface area contributed by atoms with Crippen molar-refractivity contribution in [2.75, 3.05) is 11.9 Å². The number of alkyl halides is 3. The molecule has 1 saturated heterocycles. The molecule has 2 aromatic heterocycles. The van der Waals surface area contributed by atoms with E-state index in [1.54, 1.807) is 6.92 Å². The maximum atomic E-state index is 12.9. The number of likely N-dealkylation sites (tertiary alicyclic amines) is 1. The molecule has 12 heteroatoms. The molecule has 3 atom stereocenters. The zero-order valence-electron chi connectivity index (χ0n) is 14.8. The molecule has 1 aliphatic rings. The lowest BCUT2D eigenvalue weighted by atomic mass is 10.00. The normalized spacial score (nSPS) is 20.4. The van der Waals surface area contributed by atoms with E-state index in [-0.39, 0.29) is 18.2 Å². The summed E-state index contributed by atoms with van der Waals surface area (Å²) in [4.78, 5) is 29.4. The van der Waals surface area contributed by atoms with Crippen molar-refractivity contribution in [1.29, 1.82) is 0 Å². The molecule has 3 heterocycles. The molecular weight excluding hydrogens is 384 g/mol. The summed E-state index contributed by atoms with van der Waals surface area (Å²) in [6.45, 7) is 2.90. The number of carbonyl (C=O) groups is 1. The van der Waals surface area contributed by atoms with Gasteiger partial charge < -0.3 is 10.2 Å². The van der Waals surface area contributed by atoms with Crippen LogP contribution in [0.1, 0.15) is 13.8 Å². The van der Waals surface area contributed by atoms with Crippen LogP contribution in [0.2, 0.25) is 0 Å². The van der Waals surface area contributed by atoms with Crippen LogP contribution in [0, 0.1) is 5.82 Å². The van der Waals surface area contributed by atoms with Crippen LogP contribution in [-0.2, 0) is 9.53 Å². The first kappa shape index (κ1) is 19.9. The molecule has 1 amide bonds. The third-order valence-electron chi connectivity index (χ3n) is 4.23. The highest BCUT2D eigenvalue weighted by Crippen LogP contribution is 2.29. The van der Waals surface area contributed by atoms with E-state index < -0.39 is 36.3 Å². The van der Waals surface area contributed by atoms with E-state index in [1.807, 2.05) is 0 Å². The summed E-state index contributed by atoms with van der Waals surface area (Å²) in [5, 5.41) is 2.86. The number of anilines is 1. The first-order valence-corrected chi connectivity index (χ1v) is 8.25. The SMILES string of the molecule is C[C@@H](Nc1cc(-c2ncc(F)cn2)ncn1)C(=O)N1C[C@H](OC(F)(F)F)[C@@H]1C. The van der Waals surface area contributed by atoms with E-state index in [0.717, 1.165) is 12.4 Å². The number of amides is 1. The minimum absolute atomic E-state index is 0.149. The van der Waals surface area contributed by atoms with Crippen LogP contribution in [0.5, 0.6) is 0 Å². The van der Waals surface area contributed by atoms with E-state index in [2.05, 4.69) is 30.0 Å². The van der Waals surface area contributed by atoms with Gasteiger partial charge in [0, 0.05) is 12.6 Å². The van der Waals surface area contributed by atoms with Gasteiger partial charge in [0.15, 0.2) is 11.6 Å². The molecule has 0 saturated carbocycles. The van der Waals surface area contributed by atoms with Crippen molar-refractivity contribution >= 4 is 11.7 Å². The number of nitrogens with one attached hydrogen (secondary N) is 1. The summed E-state index contributed by atoms with van der Waals surface area (Å²) in [7, 11) is 0. The molecule has 0 radical (unpaired) electrons. The molecule has 2 aromatic rings. The van der Waals surface area contributed by atoms with Crippen LogP contribution >= 0.6 is 0 Å². The number of halogens is 4. The topological polar surface area (TPSA) is 93.1 Å². The summed E-state index contributed by atoms with van der Waals surface area (Å²) >= 11 is 0. The number of rotatable bonds is 5. The summed E-state index contributed by atoms with van der Waals surface area (Å²) < 4.78 is 53.8. The molecule has 150 valence electrons. The fourth-order valence-electron chi connectivity index (χ4n) is 2.71. The van der Waals surface area contributed by atoms with Gasteiger partial charge in [-0.2, -0.15) is 0 Å². The number of aromatic nitrogens is 4. The van der Waals surface area contributed by atoms with Crippen molar-refractivity contribution in [1.82, 2.24) is 24.8 Å². The fourth-order valence-corrected chi connectivity index (χ4v) is 2.71. The van der Waals surface area contributed by atoms with Gasteiger partial charge in [-0.3, -0.25) is 9.53 Å². The zero-order chi connectivity index (χ0) is 20.5. The Morgan fingerprint density at radius 3 is 2.57 bits per heavy atom. The molecule has 0 unspecified atom stereocenters. The van der Waals surface area contributed by atoms with Crippen LogP contribution in [0.3, 0.4) is 0 Å². The van der Waals surface area contributed by atoms with Gasteiger partial charge in [-0.1, -0.05) is 0 Å². The Morgan fingerprint density at radius 1 is 1.29 bits per heavy atom. The van der Waals surface area contributed by atoms with Gasteiger partial charge >= 0.3 is 6.36 Å². The fraction of sp³-hybridized carbons (Fsp3) is 0.438. The van der Waals surface area contributed by atoms with Crippen LogP contribution in [0.15, 0.2) is 24.8 Å². The second kappa shape index (κ2) is 7.62. The Kier molecular flexibility index (Phi) is 5.40. The number of hydrogen-bond acceptors (Lipinski definition) is 7. The molecule has 28 heavy (non-hydrogen) atoms. The largest absolute Gasteiger partial charge is 0.522 e. The minimum Gasteiger partial charge on any atom is -0.359 e. The average Bonchev–Trinajstić information content (AvgIpc) is 2.64. The van der Waals surface area contributed by atoms with E-state index in [0.29, 0.717) is 5.69 Å². The molecule has 0 bridgehead atoms. The smallest absolute Gasteiger partial charge is 0.359 e. The highest BCUT2D eigenvalue weighted by molar-refractivity contribution is 5.85. The number of carbonyl (C=O) groups excluding carboxylic acids is 1. The van der Waals surface area contributed by atoms with Crippen molar-refractivity contribution in [3.8, 4) is 11.5 Å². The number of hydrogen-bond donors (Lipinski definition) is 1. The second-order valence-electron chi connectivity index (χ2n) is 6.21. The predicted octanol–water partition coefficient (Wildman–Crippen LogP) is 2.01. The van der Waals surface area contributed by atoms with Crippen LogP contribution in [0.4, 0.5) is 23.4 Å². The van der Waals surface area contributed by atoms with E-state index in [1.165, 1.54) is 24.2 Å². The Balaban J connectivity index is 1.62. The van der Waals surface area contributed by atoms with Crippen LogP contribution in [-0.4, -0.2) is 61.8 Å². The Hall–Kier alpha value is -2.89. The molecule has 1 fully saturated rings. The highest BCUT2D eigenvalue weighted by Gasteiger charge is 2.46. The van der Waals surface area contributed by atoms with Crippen LogP contribution in [0.25, 0.3) is 11.5 Å². The van der Waals surface area contributed by atoms with Crippen molar-refractivity contribution in [2.24, 2.45) is 0 Å². The molecule has 0 aromatic carbocycles. The lowest BCUT2D eigenvalue weighted by Crippen LogP contribution is -2.64. The van der Waals surface area contributed by atoms with Gasteiger partial charge in [-0.05, 0) is 13.8 Å². The maximum absolute atomic E-state index is 12.9. The average molecular weight is 400 g/mol. The van der Waals surface area contributed by atoms with Crippen molar-refractivity contribution in [3.05, 3.63) is 30.6 Å². The minimum atomic E-state index is -4.74. The lowest BCUT2D eigenvalue weighted by Gasteiger charge is -2.46. The molecule has 8 nitrogen and oxygen atoms in total. The third-order valence-corrected chi connectivity index (χ3v) is 4.23. The summed E-state index contributed by atoms with van der Waals surface area (Å²) in [6.07, 6.45) is -2.61. The molecule has 1 aliphatic heterocycles. The molecule has 1 N–H and O–H groups in total. The van der Waals surface area contributed by atoms with Crippen molar-refractivity contribution in [3.63, 3.8) is 0 Å². The van der Waals surface area contributed by atoms with Crippen LogP contribution < -0.4 is 5.32 Å². The van der Waals surface area contributed by atoms with E-state index in [4.69, 9.17) is 0 Å². The van der Waals surface area contributed by atoms with E-state index in [9.17, 15) is 22.4 Å². The number of nitrogens with zero attached hydrogens (tertiary/aromatic N) is 5. The summed E-state index contributed by atoms with van der Waals surface area (Å²) in [5.74, 6) is -0.524. The highest BCUT2D eigenvalue weighted by atomic mass is 19.4. The van der Waals surface area contributed by atoms with Gasteiger partial charge in [-0.15, -0.1) is 13.2 Å². The number of ether oxygens (including phenoxy) is 1. The van der Waals surface area contributed by atoms with E-state index >= 15 is 0 Å². The van der Waals surface area contributed by atoms with Crippen molar-refractivity contribution in [2.45, 2.75) is 38.4 Å². The molecule has 3 rings (SSSR count). The predicted molar refractivity (Wildman–Crippen MR) is 88.2 cm³/mol. The lowest BCUT2D eigenvalue weighted by molar-refractivity contribution is -0.359. The zero-order valence-corrected chi connectivity index (χ0v) is 14.8. The molecule has 0 spiro atoms. The quantitative estimate of drug-likeness (QED) is 0.768. The summed E-state index contributed by atoms with van der Waals surface area (Å²) in [5.41, 5.74) is 0.313. The second-order valence-corrected chi connectivity index (χ2v) is 6.21. The standard InChI is InChI=1S/C16H16F4N6O2/c1-8(15(27)26-6-12(9(26)2)28-16(18,19)20)25-13-3-11(23-7-24-13)14-21-4-10(17)5-22-14/h3-5,7-9,12H,6H2,1-2H3,(H,23,24,25)/t8-,9+,12+/m1/s1. The van der Waals surface area contributed by atoms with Crippen molar-refractivity contribution < 1.29 is 27.1 Å². The first-order chi connectivity index (χ1) is 13.1. The Morgan fingerprint density at radius 2 is 1.96 bits per heavy atom. The Labute approximate surface area is 157 Å². The van der Waals surface area contributed by atoms with Gasteiger partial charge in [-0.25, -0.2) is 24.3 Å². The maximum Gasteiger partial charge on any atom is 0.522 e. The molecule has 0 aliphatic carbocycles. The Bertz CT molecular complexity index is 848. The summed E-state index contributed by atoms with van der Waals surface area (Å²) in [6, 6.07) is 0.0182.